The molecule has 2 heterocycles. The van der Waals surface area contributed by atoms with Gasteiger partial charge in [-0.3, -0.25) is 9.59 Å². The number of hydrogen-bond donors (Lipinski definition) is 1. The number of hydrogen-bond acceptors (Lipinski definition) is 6. The summed E-state index contributed by atoms with van der Waals surface area (Å²) < 4.78 is 10.5. The molecule has 8 heteroatoms. The molecular formula is C22H22N4O4. The molecule has 154 valence electrons. The molecule has 0 spiro atoms. The number of carbonyl (C=O) groups is 2. The molecule has 0 radical (unpaired) electrons. The molecule has 2 unspecified atom stereocenters. The van der Waals surface area contributed by atoms with Crippen LogP contribution in [0.4, 0.5) is 0 Å². The van der Waals surface area contributed by atoms with Crippen molar-refractivity contribution in [2.75, 3.05) is 13.7 Å². The lowest BCUT2D eigenvalue weighted by molar-refractivity contribution is -0.162. The lowest BCUT2D eigenvalue weighted by Crippen LogP contribution is -2.52. The zero-order valence-electron chi connectivity index (χ0n) is 16.7. The highest BCUT2D eigenvalue weighted by Crippen LogP contribution is 2.29. The van der Waals surface area contributed by atoms with Crippen LogP contribution in [0.2, 0.25) is 0 Å². The van der Waals surface area contributed by atoms with Gasteiger partial charge in [0.1, 0.15) is 18.0 Å². The Morgan fingerprint density at radius 3 is 2.60 bits per heavy atom. The van der Waals surface area contributed by atoms with Gasteiger partial charge in [-0.15, -0.1) is 0 Å². The van der Waals surface area contributed by atoms with Crippen molar-refractivity contribution >= 4 is 11.8 Å². The molecule has 30 heavy (non-hydrogen) atoms. The first-order chi connectivity index (χ1) is 14.5. The number of ether oxygens (including phenoxy) is 1. The quantitative estimate of drug-likeness (QED) is 0.698. The van der Waals surface area contributed by atoms with Crippen molar-refractivity contribution in [1.29, 1.82) is 0 Å². The van der Waals surface area contributed by atoms with Gasteiger partial charge in [-0.25, -0.2) is 4.63 Å². The largest absolute Gasteiger partial charge is 0.356 e. The van der Waals surface area contributed by atoms with Gasteiger partial charge in [0.15, 0.2) is 6.10 Å². The van der Waals surface area contributed by atoms with E-state index in [1.54, 1.807) is 11.9 Å². The minimum Gasteiger partial charge on any atom is -0.356 e. The van der Waals surface area contributed by atoms with Crippen LogP contribution in [0.25, 0.3) is 11.3 Å². The standard InChI is InChI=1S/C22H22N4O4/c1-14-8-10-16(11-9-14)20-21(29-13-18(27)26(20)2)22(28)23-12-17-19(25-30-24-17)15-6-4-3-5-7-15/h3-11,20-21H,12-13H2,1-2H3,(H,23,28). The molecule has 2 atom stereocenters. The van der Waals surface area contributed by atoms with E-state index in [4.69, 9.17) is 9.37 Å². The normalized spacial score (nSPS) is 19.0. The molecule has 0 bridgehead atoms. The molecule has 1 aliphatic heterocycles. The summed E-state index contributed by atoms with van der Waals surface area (Å²) >= 11 is 0. The van der Waals surface area contributed by atoms with Crippen LogP contribution in [0.3, 0.4) is 0 Å². The lowest BCUT2D eigenvalue weighted by Gasteiger charge is -2.38. The monoisotopic (exact) mass is 406 g/mol. The SMILES string of the molecule is Cc1ccc(C2C(C(=O)NCc3nonc3-c3ccccc3)OCC(=O)N2C)cc1. The Bertz CT molecular complexity index is 1030. The van der Waals surface area contributed by atoms with Crippen molar-refractivity contribution in [2.24, 2.45) is 0 Å². The number of amides is 2. The molecular weight excluding hydrogens is 384 g/mol. The molecule has 2 amide bonds. The predicted octanol–water partition coefficient (Wildman–Crippen LogP) is 2.26. The van der Waals surface area contributed by atoms with Gasteiger partial charge in [0.25, 0.3) is 5.91 Å². The lowest BCUT2D eigenvalue weighted by atomic mass is 9.96. The van der Waals surface area contributed by atoms with Gasteiger partial charge in [0.2, 0.25) is 5.91 Å². The number of nitrogens with one attached hydrogen (secondary N) is 1. The average molecular weight is 406 g/mol. The fraction of sp³-hybridized carbons (Fsp3) is 0.273. The van der Waals surface area contributed by atoms with Gasteiger partial charge in [0.05, 0.1) is 12.6 Å². The molecule has 1 saturated heterocycles. The van der Waals surface area contributed by atoms with Crippen LogP contribution in [-0.2, 0) is 20.9 Å². The van der Waals surface area contributed by atoms with Crippen molar-refractivity contribution in [2.45, 2.75) is 25.6 Å². The number of benzene rings is 2. The van der Waals surface area contributed by atoms with Gasteiger partial charge >= 0.3 is 0 Å². The number of likely N-dealkylation sites (N-methyl/N-ethyl adjacent to an activating group) is 1. The first-order valence-corrected chi connectivity index (χ1v) is 9.63. The first kappa shape index (κ1) is 19.8. The zero-order valence-corrected chi connectivity index (χ0v) is 16.7. The Kier molecular flexibility index (Phi) is 5.58. The van der Waals surface area contributed by atoms with Crippen LogP contribution in [0.1, 0.15) is 22.9 Å². The molecule has 3 aromatic rings. The van der Waals surface area contributed by atoms with E-state index < -0.39 is 12.1 Å². The van der Waals surface area contributed by atoms with E-state index in [0.717, 1.165) is 16.7 Å². The fourth-order valence-electron chi connectivity index (χ4n) is 3.50. The van der Waals surface area contributed by atoms with Crippen molar-refractivity contribution in [3.63, 3.8) is 0 Å². The van der Waals surface area contributed by atoms with Crippen molar-refractivity contribution in [3.8, 4) is 11.3 Å². The second-order valence-corrected chi connectivity index (χ2v) is 7.24. The number of aromatic nitrogens is 2. The third-order valence-corrected chi connectivity index (χ3v) is 5.19. The maximum atomic E-state index is 13.0. The molecule has 1 aromatic heterocycles. The Labute approximate surface area is 173 Å². The first-order valence-electron chi connectivity index (χ1n) is 9.63. The minimum atomic E-state index is -0.838. The molecule has 4 rings (SSSR count). The van der Waals surface area contributed by atoms with E-state index in [1.165, 1.54) is 0 Å². The van der Waals surface area contributed by atoms with E-state index in [0.29, 0.717) is 11.4 Å². The van der Waals surface area contributed by atoms with E-state index in [9.17, 15) is 9.59 Å². The smallest absolute Gasteiger partial charge is 0.252 e. The van der Waals surface area contributed by atoms with Gasteiger partial charge in [0, 0.05) is 12.6 Å². The summed E-state index contributed by atoms with van der Waals surface area (Å²) in [5, 5.41) is 10.7. The van der Waals surface area contributed by atoms with Gasteiger partial charge in [-0.2, -0.15) is 0 Å². The maximum absolute atomic E-state index is 13.0. The average Bonchev–Trinajstić information content (AvgIpc) is 3.24. The molecule has 2 aromatic carbocycles. The third-order valence-electron chi connectivity index (χ3n) is 5.19. The Morgan fingerprint density at radius 1 is 1.13 bits per heavy atom. The Balaban J connectivity index is 1.52. The number of carbonyl (C=O) groups excluding carboxylic acids is 2. The highest BCUT2D eigenvalue weighted by molar-refractivity contribution is 5.86. The minimum absolute atomic E-state index is 0.130. The van der Waals surface area contributed by atoms with Crippen LogP contribution in [-0.4, -0.2) is 46.8 Å². The molecule has 8 nitrogen and oxygen atoms in total. The summed E-state index contributed by atoms with van der Waals surface area (Å²) in [5.74, 6) is -0.501. The zero-order chi connectivity index (χ0) is 21.1. The van der Waals surface area contributed by atoms with Crippen LogP contribution < -0.4 is 5.32 Å². The van der Waals surface area contributed by atoms with Crippen LogP contribution in [0.5, 0.6) is 0 Å². The molecule has 1 fully saturated rings. The van der Waals surface area contributed by atoms with E-state index in [1.807, 2.05) is 61.5 Å². The number of nitrogens with zero attached hydrogens (tertiary/aromatic N) is 3. The highest BCUT2D eigenvalue weighted by atomic mass is 16.6. The maximum Gasteiger partial charge on any atom is 0.252 e. The third kappa shape index (κ3) is 3.95. The van der Waals surface area contributed by atoms with Gasteiger partial charge in [-0.1, -0.05) is 65.3 Å². The predicted molar refractivity (Wildman–Crippen MR) is 108 cm³/mol. The molecule has 1 aliphatic rings. The van der Waals surface area contributed by atoms with Gasteiger partial charge < -0.3 is 15.0 Å². The summed E-state index contributed by atoms with van der Waals surface area (Å²) in [4.78, 5) is 26.7. The number of morpholine rings is 1. The van der Waals surface area contributed by atoms with E-state index in [2.05, 4.69) is 15.6 Å². The summed E-state index contributed by atoms with van der Waals surface area (Å²) in [7, 11) is 1.69. The Hall–Kier alpha value is -3.52. The van der Waals surface area contributed by atoms with Gasteiger partial charge in [-0.05, 0) is 17.6 Å². The van der Waals surface area contributed by atoms with Crippen LogP contribution >= 0.6 is 0 Å². The molecule has 1 N–H and O–H groups in total. The molecule has 0 saturated carbocycles. The fourth-order valence-corrected chi connectivity index (χ4v) is 3.50. The summed E-state index contributed by atoms with van der Waals surface area (Å²) in [5.41, 5.74) is 3.87. The number of aryl methyl sites for hydroxylation is 1. The van der Waals surface area contributed by atoms with Crippen LogP contribution in [0.15, 0.2) is 59.2 Å². The van der Waals surface area contributed by atoms with Crippen molar-refractivity contribution in [3.05, 3.63) is 71.4 Å². The Morgan fingerprint density at radius 2 is 1.87 bits per heavy atom. The summed E-state index contributed by atoms with van der Waals surface area (Å²) in [6.07, 6.45) is -0.838. The summed E-state index contributed by atoms with van der Waals surface area (Å²) in [6.45, 7) is 1.97. The van der Waals surface area contributed by atoms with Crippen molar-refractivity contribution in [1.82, 2.24) is 20.5 Å². The van der Waals surface area contributed by atoms with Crippen LogP contribution in [0, 0.1) is 6.92 Å². The highest BCUT2D eigenvalue weighted by Gasteiger charge is 2.40. The second-order valence-electron chi connectivity index (χ2n) is 7.24. The van der Waals surface area contributed by atoms with E-state index >= 15 is 0 Å². The van der Waals surface area contributed by atoms with E-state index in [-0.39, 0.29) is 25.0 Å². The molecule has 0 aliphatic carbocycles. The topological polar surface area (TPSA) is 97.6 Å². The number of rotatable bonds is 5. The van der Waals surface area contributed by atoms with Crippen molar-refractivity contribution < 1.29 is 19.0 Å². The second kappa shape index (κ2) is 8.46. The summed E-state index contributed by atoms with van der Waals surface area (Å²) in [6, 6.07) is 16.7.